The average Bonchev–Trinajstić information content (AvgIpc) is 3.04. The second kappa shape index (κ2) is 6.58. The molecule has 0 spiro atoms. The SMILES string of the molecule is CNc1cc(Oc2ccc(Cl)cc2Cn2cncn2)ccc1N. The number of benzene rings is 2. The van der Waals surface area contributed by atoms with Gasteiger partial charge in [0, 0.05) is 23.7 Å². The van der Waals surface area contributed by atoms with Gasteiger partial charge in [-0.25, -0.2) is 9.67 Å². The quantitative estimate of drug-likeness (QED) is 0.701. The van der Waals surface area contributed by atoms with Crippen LogP contribution in [0.1, 0.15) is 5.56 Å². The predicted octanol–water partition coefficient (Wildman–Crippen LogP) is 3.40. The summed E-state index contributed by atoms with van der Waals surface area (Å²) in [7, 11) is 1.81. The molecule has 0 aliphatic rings. The minimum atomic E-state index is 0.518. The summed E-state index contributed by atoms with van der Waals surface area (Å²) in [5.74, 6) is 1.39. The molecule has 0 bridgehead atoms. The molecule has 0 radical (unpaired) electrons. The molecule has 6 nitrogen and oxygen atoms in total. The van der Waals surface area contributed by atoms with Crippen molar-refractivity contribution in [3.8, 4) is 11.5 Å². The van der Waals surface area contributed by atoms with Gasteiger partial charge in [-0.15, -0.1) is 0 Å². The lowest BCUT2D eigenvalue weighted by molar-refractivity contribution is 0.472. The van der Waals surface area contributed by atoms with Crippen LogP contribution in [0.3, 0.4) is 0 Å². The lowest BCUT2D eigenvalue weighted by Gasteiger charge is -2.13. The van der Waals surface area contributed by atoms with Crippen molar-refractivity contribution in [3.05, 3.63) is 59.6 Å². The van der Waals surface area contributed by atoms with Gasteiger partial charge in [0.05, 0.1) is 17.9 Å². The molecule has 1 aromatic heterocycles. The van der Waals surface area contributed by atoms with E-state index in [1.54, 1.807) is 23.1 Å². The van der Waals surface area contributed by atoms with Crippen LogP contribution in [-0.2, 0) is 6.54 Å². The third-order valence-electron chi connectivity index (χ3n) is 3.34. The molecule has 0 saturated carbocycles. The summed E-state index contributed by atoms with van der Waals surface area (Å²) < 4.78 is 7.70. The molecule has 0 aliphatic carbocycles. The van der Waals surface area contributed by atoms with E-state index >= 15 is 0 Å². The van der Waals surface area contributed by atoms with Crippen LogP contribution in [0.25, 0.3) is 0 Å². The first kappa shape index (κ1) is 15.2. The van der Waals surface area contributed by atoms with Crippen LogP contribution in [0.4, 0.5) is 11.4 Å². The van der Waals surface area contributed by atoms with Gasteiger partial charge >= 0.3 is 0 Å². The monoisotopic (exact) mass is 329 g/mol. The zero-order valence-corrected chi connectivity index (χ0v) is 13.3. The Morgan fingerprint density at radius 2 is 2.13 bits per heavy atom. The van der Waals surface area contributed by atoms with Crippen molar-refractivity contribution in [2.24, 2.45) is 0 Å². The van der Waals surface area contributed by atoms with Crippen LogP contribution in [-0.4, -0.2) is 21.8 Å². The third-order valence-corrected chi connectivity index (χ3v) is 3.58. The summed E-state index contributed by atoms with van der Waals surface area (Å²) in [5.41, 5.74) is 8.27. The fourth-order valence-corrected chi connectivity index (χ4v) is 2.40. The standard InChI is InChI=1S/C16H16ClN5O/c1-19-15-7-13(3-4-14(15)18)23-16-5-2-12(17)6-11(16)8-22-10-20-9-21-22/h2-7,9-10,19H,8,18H2,1H3. The lowest BCUT2D eigenvalue weighted by atomic mass is 10.2. The highest BCUT2D eigenvalue weighted by Crippen LogP contribution is 2.31. The Hall–Kier alpha value is -2.73. The number of hydrogen-bond acceptors (Lipinski definition) is 5. The van der Waals surface area contributed by atoms with E-state index in [9.17, 15) is 0 Å². The molecule has 0 aliphatic heterocycles. The van der Waals surface area contributed by atoms with Crippen LogP contribution in [0.5, 0.6) is 11.5 Å². The molecule has 3 rings (SSSR count). The molecule has 118 valence electrons. The molecule has 0 unspecified atom stereocenters. The Kier molecular flexibility index (Phi) is 4.34. The number of ether oxygens (including phenoxy) is 1. The smallest absolute Gasteiger partial charge is 0.137 e. The summed E-state index contributed by atoms with van der Waals surface area (Å²) in [5, 5.41) is 7.78. The number of hydrogen-bond donors (Lipinski definition) is 2. The normalized spacial score (nSPS) is 10.5. The van der Waals surface area contributed by atoms with Crippen LogP contribution in [0, 0.1) is 0 Å². The number of nitrogen functional groups attached to an aromatic ring is 1. The van der Waals surface area contributed by atoms with Gasteiger partial charge in [0.15, 0.2) is 0 Å². The maximum atomic E-state index is 6.10. The van der Waals surface area contributed by atoms with Crippen molar-refractivity contribution in [1.29, 1.82) is 0 Å². The Labute approximate surface area is 138 Å². The molecular weight excluding hydrogens is 314 g/mol. The van der Waals surface area contributed by atoms with E-state index in [1.165, 1.54) is 6.33 Å². The van der Waals surface area contributed by atoms with Crippen LogP contribution < -0.4 is 15.8 Å². The van der Waals surface area contributed by atoms with E-state index in [0.29, 0.717) is 28.8 Å². The molecule has 1 heterocycles. The highest BCUT2D eigenvalue weighted by atomic mass is 35.5. The molecule has 23 heavy (non-hydrogen) atoms. The van der Waals surface area contributed by atoms with Crippen molar-refractivity contribution in [3.63, 3.8) is 0 Å². The number of aromatic nitrogens is 3. The van der Waals surface area contributed by atoms with Gasteiger partial charge in [0.25, 0.3) is 0 Å². The summed E-state index contributed by atoms with van der Waals surface area (Å²) in [6.45, 7) is 0.518. The van der Waals surface area contributed by atoms with E-state index < -0.39 is 0 Å². The van der Waals surface area contributed by atoms with E-state index in [2.05, 4.69) is 15.4 Å². The maximum absolute atomic E-state index is 6.10. The van der Waals surface area contributed by atoms with Crippen molar-refractivity contribution in [2.75, 3.05) is 18.1 Å². The maximum Gasteiger partial charge on any atom is 0.137 e. The van der Waals surface area contributed by atoms with Crippen LogP contribution in [0.2, 0.25) is 5.02 Å². The summed E-state index contributed by atoms with van der Waals surface area (Å²) in [6, 6.07) is 11.0. The van der Waals surface area contributed by atoms with E-state index in [4.69, 9.17) is 22.1 Å². The van der Waals surface area contributed by atoms with Gasteiger partial charge in [0.2, 0.25) is 0 Å². The van der Waals surface area contributed by atoms with Gasteiger partial charge < -0.3 is 15.8 Å². The highest BCUT2D eigenvalue weighted by molar-refractivity contribution is 6.30. The predicted molar refractivity (Wildman–Crippen MR) is 91.1 cm³/mol. The first-order valence-corrected chi connectivity index (χ1v) is 7.39. The highest BCUT2D eigenvalue weighted by Gasteiger charge is 2.09. The van der Waals surface area contributed by atoms with Crippen LogP contribution in [0.15, 0.2) is 49.1 Å². The first-order valence-electron chi connectivity index (χ1n) is 7.01. The molecule has 3 aromatic rings. The van der Waals surface area contributed by atoms with E-state index in [-0.39, 0.29) is 0 Å². The van der Waals surface area contributed by atoms with Crippen molar-refractivity contribution >= 4 is 23.0 Å². The molecule has 3 N–H and O–H groups in total. The van der Waals surface area contributed by atoms with Gasteiger partial charge in [0.1, 0.15) is 24.2 Å². The Morgan fingerprint density at radius 3 is 2.87 bits per heavy atom. The minimum Gasteiger partial charge on any atom is -0.457 e. The average molecular weight is 330 g/mol. The number of nitrogens with zero attached hydrogens (tertiary/aromatic N) is 3. The molecule has 0 atom stereocenters. The Bertz CT molecular complexity index is 804. The zero-order chi connectivity index (χ0) is 16.2. The molecular formula is C16H16ClN5O. The molecule has 7 heteroatoms. The summed E-state index contributed by atoms with van der Waals surface area (Å²) in [4.78, 5) is 3.94. The molecule has 0 saturated heterocycles. The lowest BCUT2D eigenvalue weighted by Crippen LogP contribution is -2.02. The minimum absolute atomic E-state index is 0.518. The Morgan fingerprint density at radius 1 is 1.26 bits per heavy atom. The number of halogens is 1. The second-order valence-electron chi connectivity index (χ2n) is 4.95. The second-order valence-corrected chi connectivity index (χ2v) is 5.38. The summed E-state index contributed by atoms with van der Waals surface area (Å²) >= 11 is 6.10. The zero-order valence-electron chi connectivity index (χ0n) is 12.5. The molecule has 0 fully saturated rings. The van der Waals surface area contributed by atoms with E-state index in [1.807, 2.05) is 31.3 Å². The fourth-order valence-electron chi connectivity index (χ4n) is 2.20. The first-order chi connectivity index (χ1) is 11.2. The largest absolute Gasteiger partial charge is 0.457 e. The molecule has 0 amide bonds. The number of rotatable bonds is 5. The molecule has 2 aromatic carbocycles. The van der Waals surface area contributed by atoms with Gasteiger partial charge in [-0.1, -0.05) is 11.6 Å². The van der Waals surface area contributed by atoms with Crippen molar-refractivity contribution in [1.82, 2.24) is 14.8 Å². The number of nitrogens with one attached hydrogen (secondary N) is 1. The topological polar surface area (TPSA) is 78.0 Å². The Balaban J connectivity index is 1.90. The van der Waals surface area contributed by atoms with Gasteiger partial charge in [-0.05, 0) is 30.3 Å². The van der Waals surface area contributed by atoms with Crippen molar-refractivity contribution in [2.45, 2.75) is 6.54 Å². The van der Waals surface area contributed by atoms with E-state index in [0.717, 1.165) is 11.3 Å². The number of nitrogens with two attached hydrogens (primary N) is 1. The summed E-state index contributed by atoms with van der Waals surface area (Å²) in [6.07, 6.45) is 3.14. The third kappa shape index (κ3) is 3.54. The number of anilines is 2. The van der Waals surface area contributed by atoms with Gasteiger partial charge in [-0.3, -0.25) is 0 Å². The van der Waals surface area contributed by atoms with Crippen molar-refractivity contribution < 1.29 is 4.74 Å². The van der Waals surface area contributed by atoms with Crippen LogP contribution >= 0.6 is 11.6 Å². The fraction of sp³-hybridized carbons (Fsp3) is 0.125. The van der Waals surface area contributed by atoms with Gasteiger partial charge in [-0.2, -0.15) is 5.10 Å².